The number of aromatic nitrogens is 2. The van der Waals surface area contributed by atoms with Crippen LogP contribution >= 0.6 is 0 Å². The lowest BCUT2D eigenvalue weighted by Crippen LogP contribution is -2.21. The Morgan fingerprint density at radius 3 is 2.78 bits per heavy atom. The van der Waals surface area contributed by atoms with E-state index in [1.807, 2.05) is 29.9 Å². The number of aryl methyl sites for hydroxylation is 1. The molecule has 4 aromatic rings. The van der Waals surface area contributed by atoms with Gasteiger partial charge in [-0.25, -0.2) is 4.98 Å². The lowest BCUT2D eigenvalue weighted by molar-refractivity contribution is -0.135. The standard InChI is InChI=1S/C28H22N2O7/c1-30-10-9-29-24(30)15-35-20-7-5-16(12-22(20)33-2)19-14-25(31)36-21-8-6-18-27(32)23(37-28(18)26(19)21)13-17-4-3-11-34-17/h3-13,19H,14-15H2,1-2H3/b23-13-. The molecule has 9 heteroatoms. The number of imidazole rings is 1. The molecule has 0 spiro atoms. The minimum Gasteiger partial charge on any atom is -0.493 e. The minimum absolute atomic E-state index is 0.0782. The fourth-order valence-corrected chi connectivity index (χ4v) is 4.59. The first kappa shape index (κ1) is 22.7. The zero-order chi connectivity index (χ0) is 25.5. The molecule has 37 heavy (non-hydrogen) atoms. The van der Waals surface area contributed by atoms with Gasteiger partial charge in [-0.05, 0) is 42.0 Å². The molecule has 2 aromatic heterocycles. The molecule has 2 aromatic carbocycles. The molecular weight excluding hydrogens is 476 g/mol. The van der Waals surface area contributed by atoms with Crippen molar-refractivity contribution < 1.29 is 33.0 Å². The lowest BCUT2D eigenvalue weighted by Gasteiger charge is -2.26. The topological polar surface area (TPSA) is 102 Å². The Morgan fingerprint density at radius 1 is 1.14 bits per heavy atom. The molecule has 0 bridgehead atoms. The van der Waals surface area contributed by atoms with Gasteiger partial charge in [0.15, 0.2) is 17.3 Å². The highest BCUT2D eigenvalue weighted by Gasteiger charge is 2.38. The average Bonchev–Trinajstić information content (AvgIpc) is 3.64. The summed E-state index contributed by atoms with van der Waals surface area (Å²) in [5.74, 6) is 2.15. The van der Waals surface area contributed by atoms with Gasteiger partial charge < -0.3 is 27.9 Å². The predicted octanol–water partition coefficient (Wildman–Crippen LogP) is 4.66. The van der Waals surface area contributed by atoms with Gasteiger partial charge in [0, 0.05) is 37.0 Å². The van der Waals surface area contributed by atoms with E-state index in [1.165, 1.54) is 6.26 Å². The Morgan fingerprint density at radius 2 is 2.03 bits per heavy atom. The summed E-state index contributed by atoms with van der Waals surface area (Å²) in [5.41, 5.74) is 1.84. The summed E-state index contributed by atoms with van der Waals surface area (Å²) in [6.45, 7) is 0.270. The molecule has 0 amide bonds. The second-order valence-corrected chi connectivity index (χ2v) is 8.69. The van der Waals surface area contributed by atoms with Gasteiger partial charge in [0.25, 0.3) is 0 Å². The van der Waals surface area contributed by atoms with E-state index in [-0.39, 0.29) is 30.5 Å². The molecule has 0 saturated heterocycles. The Bertz CT molecular complexity index is 1550. The average molecular weight is 498 g/mol. The number of esters is 1. The number of carbonyl (C=O) groups excluding carboxylic acids is 2. The van der Waals surface area contributed by atoms with Crippen molar-refractivity contribution in [2.45, 2.75) is 18.9 Å². The summed E-state index contributed by atoms with van der Waals surface area (Å²) in [7, 11) is 3.45. The van der Waals surface area contributed by atoms with E-state index in [2.05, 4.69) is 4.98 Å². The molecule has 4 heterocycles. The molecule has 1 unspecified atom stereocenters. The fourth-order valence-electron chi connectivity index (χ4n) is 4.59. The zero-order valence-electron chi connectivity index (χ0n) is 20.1. The van der Waals surface area contributed by atoms with Crippen molar-refractivity contribution in [3.05, 3.63) is 95.2 Å². The third kappa shape index (κ3) is 4.04. The van der Waals surface area contributed by atoms with Crippen molar-refractivity contribution in [3.8, 4) is 23.0 Å². The summed E-state index contributed by atoms with van der Waals surface area (Å²) >= 11 is 0. The number of fused-ring (bicyclic) bond motifs is 3. The van der Waals surface area contributed by atoms with Crippen LogP contribution in [0.2, 0.25) is 0 Å². The number of rotatable bonds is 6. The summed E-state index contributed by atoms with van der Waals surface area (Å²) in [6.07, 6.45) is 6.70. The molecule has 186 valence electrons. The number of carbonyl (C=O) groups is 2. The number of allylic oxidation sites excluding steroid dienone is 1. The maximum Gasteiger partial charge on any atom is 0.312 e. The van der Waals surface area contributed by atoms with Crippen LogP contribution < -0.4 is 18.9 Å². The van der Waals surface area contributed by atoms with Crippen LogP contribution in [0, 0.1) is 0 Å². The van der Waals surface area contributed by atoms with E-state index in [1.54, 1.807) is 49.7 Å². The smallest absolute Gasteiger partial charge is 0.312 e. The number of Topliss-reactive ketones (excluding diaryl/α,β-unsaturated/α-hetero) is 1. The van der Waals surface area contributed by atoms with Crippen molar-refractivity contribution in [1.82, 2.24) is 9.55 Å². The Balaban J connectivity index is 1.36. The van der Waals surface area contributed by atoms with Gasteiger partial charge in [0.2, 0.25) is 5.78 Å². The zero-order valence-corrected chi connectivity index (χ0v) is 20.1. The molecule has 6 rings (SSSR count). The highest BCUT2D eigenvalue weighted by molar-refractivity contribution is 6.15. The minimum atomic E-state index is -0.417. The van der Waals surface area contributed by atoms with E-state index in [0.717, 1.165) is 11.4 Å². The number of ketones is 1. The molecular formula is C28H22N2O7. The van der Waals surface area contributed by atoms with Gasteiger partial charge in [-0.1, -0.05) is 6.07 Å². The largest absolute Gasteiger partial charge is 0.493 e. The monoisotopic (exact) mass is 498 g/mol. The van der Waals surface area contributed by atoms with Crippen molar-refractivity contribution in [3.63, 3.8) is 0 Å². The van der Waals surface area contributed by atoms with Gasteiger partial charge in [-0.3, -0.25) is 9.59 Å². The van der Waals surface area contributed by atoms with E-state index in [4.69, 9.17) is 23.4 Å². The van der Waals surface area contributed by atoms with Crippen molar-refractivity contribution >= 4 is 17.8 Å². The first-order valence-corrected chi connectivity index (χ1v) is 11.6. The normalized spacial score (nSPS) is 17.2. The summed E-state index contributed by atoms with van der Waals surface area (Å²) < 4.78 is 30.3. The molecule has 0 fully saturated rings. The quantitative estimate of drug-likeness (QED) is 0.215. The fraction of sp³-hybridized carbons (Fsp3) is 0.179. The lowest BCUT2D eigenvalue weighted by atomic mass is 9.84. The summed E-state index contributed by atoms with van der Waals surface area (Å²) in [6, 6.07) is 12.2. The van der Waals surface area contributed by atoms with Crippen LogP contribution in [-0.4, -0.2) is 28.4 Å². The first-order chi connectivity index (χ1) is 18.0. The maximum atomic E-state index is 13.1. The second-order valence-electron chi connectivity index (χ2n) is 8.69. The van der Waals surface area contributed by atoms with Gasteiger partial charge in [-0.2, -0.15) is 0 Å². The van der Waals surface area contributed by atoms with Crippen LogP contribution in [0.25, 0.3) is 6.08 Å². The highest BCUT2D eigenvalue weighted by Crippen LogP contribution is 2.49. The first-order valence-electron chi connectivity index (χ1n) is 11.6. The maximum absolute atomic E-state index is 13.1. The van der Waals surface area contributed by atoms with Crippen LogP contribution in [0.3, 0.4) is 0 Å². The van der Waals surface area contributed by atoms with Gasteiger partial charge in [0.1, 0.15) is 29.7 Å². The van der Waals surface area contributed by atoms with Crippen LogP contribution in [0.15, 0.2) is 71.3 Å². The van der Waals surface area contributed by atoms with Crippen molar-refractivity contribution in [2.24, 2.45) is 7.05 Å². The Kier molecular flexibility index (Phi) is 5.52. The summed E-state index contributed by atoms with van der Waals surface area (Å²) in [5, 5.41) is 0. The van der Waals surface area contributed by atoms with Crippen LogP contribution in [0.5, 0.6) is 23.0 Å². The van der Waals surface area contributed by atoms with Crippen molar-refractivity contribution in [2.75, 3.05) is 7.11 Å². The van der Waals surface area contributed by atoms with Crippen LogP contribution in [0.1, 0.15) is 45.4 Å². The van der Waals surface area contributed by atoms with E-state index in [0.29, 0.717) is 39.9 Å². The second kappa shape index (κ2) is 9.02. The molecule has 0 saturated carbocycles. The molecule has 1 atom stereocenters. The predicted molar refractivity (Wildman–Crippen MR) is 131 cm³/mol. The molecule has 2 aliphatic heterocycles. The van der Waals surface area contributed by atoms with E-state index < -0.39 is 5.92 Å². The summed E-state index contributed by atoms with van der Waals surface area (Å²) in [4.78, 5) is 29.9. The molecule has 2 aliphatic rings. The van der Waals surface area contributed by atoms with Gasteiger partial charge in [-0.15, -0.1) is 0 Å². The molecule has 9 nitrogen and oxygen atoms in total. The van der Waals surface area contributed by atoms with E-state index in [9.17, 15) is 9.59 Å². The molecule has 0 aliphatic carbocycles. The molecule has 0 N–H and O–H groups in total. The van der Waals surface area contributed by atoms with E-state index >= 15 is 0 Å². The highest BCUT2D eigenvalue weighted by atomic mass is 16.5. The third-order valence-corrected chi connectivity index (χ3v) is 6.46. The number of ether oxygens (including phenoxy) is 4. The SMILES string of the molecule is COc1cc(C2CC(=O)Oc3ccc4c(c32)O/C(=C\c2ccco2)C4=O)ccc1OCc1nccn1C. The number of hydrogen-bond donors (Lipinski definition) is 0. The van der Waals surface area contributed by atoms with Crippen LogP contribution in [0.4, 0.5) is 0 Å². The third-order valence-electron chi connectivity index (χ3n) is 6.46. The van der Waals surface area contributed by atoms with Crippen LogP contribution in [-0.2, 0) is 18.4 Å². The van der Waals surface area contributed by atoms with Gasteiger partial charge in [0.05, 0.1) is 25.4 Å². The number of furan rings is 1. The Hall–Kier alpha value is -4.79. The number of methoxy groups -OCH3 is 1. The number of nitrogens with zero attached hydrogens (tertiary/aromatic N) is 2. The number of hydrogen-bond acceptors (Lipinski definition) is 8. The van der Waals surface area contributed by atoms with Crippen molar-refractivity contribution in [1.29, 1.82) is 0 Å². The number of benzene rings is 2. The molecule has 0 radical (unpaired) electrons. The van der Waals surface area contributed by atoms with Gasteiger partial charge >= 0.3 is 5.97 Å². The Labute approximate surface area is 211 Å².